The maximum atomic E-state index is 12.0. The molecule has 0 aliphatic heterocycles. The summed E-state index contributed by atoms with van der Waals surface area (Å²) in [6.07, 6.45) is 8.60. The Labute approximate surface area is 148 Å². The molecule has 1 aliphatic carbocycles. The van der Waals surface area contributed by atoms with Crippen LogP contribution in [0.15, 0.2) is 30.3 Å². The molecule has 2 unspecified atom stereocenters. The van der Waals surface area contributed by atoms with E-state index in [0.29, 0.717) is 24.6 Å². The molecular weight excluding hydrogens is 316 g/mol. The summed E-state index contributed by atoms with van der Waals surface area (Å²) in [4.78, 5) is 12.0. The molecular formula is C19H26N4O2. The topological polar surface area (TPSA) is 91.8 Å². The van der Waals surface area contributed by atoms with E-state index in [1.807, 2.05) is 30.3 Å². The summed E-state index contributed by atoms with van der Waals surface area (Å²) in [5.41, 5.74) is 1.10. The van der Waals surface area contributed by atoms with Crippen molar-refractivity contribution in [2.75, 3.05) is 0 Å². The predicted molar refractivity (Wildman–Crippen MR) is 94.0 cm³/mol. The zero-order chi connectivity index (χ0) is 17.5. The van der Waals surface area contributed by atoms with Gasteiger partial charge in [-0.3, -0.25) is 4.79 Å². The first-order valence-corrected chi connectivity index (χ1v) is 9.24. The van der Waals surface area contributed by atoms with Gasteiger partial charge in [0.15, 0.2) is 5.82 Å². The fraction of sp³-hybridized carbons (Fsp3) is 0.579. The minimum absolute atomic E-state index is 0.262. The number of hydrogen-bond acceptors (Lipinski definition) is 4. The third-order valence-electron chi connectivity index (χ3n) is 5.41. The number of carbonyl (C=O) groups is 1. The van der Waals surface area contributed by atoms with Crippen molar-refractivity contribution in [3.63, 3.8) is 0 Å². The summed E-state index contributed by atoms with van der Waals surface area (Å²) in [6, 6.07) is 9.95. The maximum Gasteiger partial charge on any atom is 0.307 e. The molecule has 1 aliphatic rings. The number of tetrazole rings is 1. The van der Waals surface area contributed by atoms with Crippen LogP contribution >= 0.6 is 0 Å². The highest BCUT2D eigenvalue weighted by Gasteiger charge is 2.33. The monoisotopic (exact) mass is 342 g/mol. The van der Waals surface area contributed by atoms with Gasteiger partial charge in [0, 0.05) is 5.92 Å². The number of H-pyrrole nitrogens is 1. The number of rotatable bonds is 8. The summed E-state index contributed by atoms with van der Waals surface area (Å²) in [6.45, 7) is 0. The second kappa shape index (κ2) is 8.74. The first-order chi connectivity index (χ1) is 12.2. The molecule has 1 aromatic heterocycles. The molecule has 1 fully saturated rings. The van der Waals surface area contributed by atoms with Gasteiger partial charge in [-0.2, -0.15) is 5.21 Å². The zero-order valence-corrected chi connectivity index (χ0v) is 14.5. The predicted octanol–water partition coefficient (Wildman–Crippen LogP) is 3.59. The lowest BCUT2D eigenvalue weighted by Crippen LogP contribution is -2.26. The van der Waals surface area contributed by atoms with Crippen molar-refractivity contribution in [2.45, 2.75) is 57.3 Å². The highest BCUT2D eigenvalue weighted by atomic mass is 16.4. The molecule has 3 rings (SSSR count). The third-order valence-corrected chi connectivity index (χ3v) is 5.41. The smallest absolute Gasteiger partial charge is 0.307 e. The molecule has 6 heteroatoms. The molecule has 0 amide bonds. The van der Waals surface area contributed by atoms with Gasteiger partial charge >= 0.3 is 5.97 Å². The van der Waals surface area contributed by atoms with Crippen molar-refractivity contribution in [1.29, 1.82) is 0 Å². The lowest BCUT2D eigenvalue weighted by atomic mass is 9.79. The molecule has 1 saturated carbocycles. The quantitative estimate of drug-likeness (QED) is 0.765. The number of aliphatic carboxylic acids is 1. The van der Waals surface area contributed by atoms with Crippen molar-refractivity contribution in [3.8, 4) is 0 Å². The van der Waals surface area contributed by atoms with Crippen LogP contribution in [0.4, 0.5) is 0 Å². The molecule has 0 spiro atoms. The minimum Gasteiger partial charge on any atom is -0.481 e. The Kier molecular flexibility index (Phi) is 6.14. The number of aromatic nitrogens is 4. The number of carboxylic acid groups (broad SMARTS) is 1. The fourth-order valence-electron chi connectivity index (χ4n) is 4.00. The van der Waals surface area contributed by atoms with E-state index in [0.717, 1.165) is 12.0 Å². The van der Waals surface area contributed by atoms with E-state index < -0.39 is 11.9 Å². The van der Waals surface area contributed by atoms with Crippen LogP contribution < -0.4 is 0 Å². The van der Waals surface area contributed by atoms with Gasteiger partial charge < -0.3 is 5.11 Å². The Balaban J connectivity index is 1.74. The number of aromatic amines is 1. The SMILES string of the molecule is O=C(O)C(CCC1CCCCC1)C(Cc1ccccc1)c1nn[nH]n1. The van der Waals surface area contributed by atoms with Gasteiger partial charge in [0.1, 0.15) is 0 Å². The normalized spacial score (nSPS) is 17.9. The van der Waals surface area contributed by atoms with Crippen molar-refractivity contribution >= 4 is 5.97 Å². The van der Waals surface area contributed by atoms with Gasteiger partial charge in [0.25, 0.3) is 0 Å². The van der Waals surface area contributed by atoms with E-state index in [1.165, 1.54) is 32.1 Å². The third kappa shape index (κ3) is 4.87. The van der Waals surface area contributed by atoms with Crippen LogP contribution in [0.25, 0.3) is 0 Å². The van der Waals surface area contributed by atoms with E-state index in [2.05, 4.69) is 20.6 Å². The van der Waals surface area contributed by atoms with E-state index in [4.69, 9.17) is 0 Å². The van der Waals surface area contributed by atoms with E-state index in [1.54, 1.807) is 0 Å². The minimum atomic E-state index is -0.762. The standard InChI is InChI=1S/C19H26N4O2/c24-19(25)16(12-11-14-7-3-1-4-8-14)17(18-20-22-23-21-18)13-15-9-5-2-6-10-15/h2,5-6,9-10,14,16-17H,1,3-4,7-8,11-13H2,(H,24,25)(H,20,21,22,23). The van der Waals surface area contributed by atoms with Crippen molar-refractivity contribution < 1.29 is 9.90 Å². The molecule has 6 nitrogen and oxygen atoms in total. The largest absolute Gasteiger partial charge is 0.481 e. The number of carboxylic acids is 1. The van der Waals surface area contributed by atoms with E-state index >= 15 is 0 Å². The number of nitrogens with one attached hydrogen (secondary N) is 1. The van der Waals surface area contributed by atoms with Crippen LogP contribution in [-0.2, 0) is 11.2 Å². The number of benzene rings is 1. The molecule has 0 bridgehead atoms. The molecule has 1 heterocycles. The van der Waals surface area contributed by atoms with Gasteiger partial charge in [-0.05, 0) is 30.7 Å². The molecule has 25 heavy (non-hydrogen) atoms. The van der Waals surface area contributed by atoms with Crippen LogP contribution in [0.1, 0.15) is 62.3 Å². The van der Waals surface area contributed by atoms with Gasteiger partial charge in [0.2, 0.25) is 0 Å². The van der Waals surface area contributed by atoms with Gasteiger partial charge in [-0.1, -0.05) is 67.6 Å². The van der Waals surface area contributed by atoms with Crippen LogP contribution in [-0.4, -0.2) is 31.7 Å². The van der Waals surface area contributed by atoms with Crippen molar-refractivity contribution in [2.24, 2.45) is 11.8 Å². The molecule has 2 aromatic rings. The van der Waals surface area contributed by atoms with Gasteiger partial charge in [-0.25, -0.2) is 0 Å². The van der Waals surface area contributed by atoms with Gasteiger partial charge in [-0.15, -0.1) is 10.2 Å². The second-order valence-electron chi connectivity index (χ2n) is 7.09. The number of nitrogens with zero attached hydrogens (tertiary/aromatic N) is 3. The summed E-state index contributed by atoms with van der Waals surface area (Å²) < 4.78 is 0. The highest BCUT2D eigenvalue weighted by Crippen LogP contribution is 2.34. The molecule has 2 N–H and O–H groups in total. The van der Waals surface area contributed by atoms with Crippen LogP contribution in [0, 0.1) is 11.8 Å². The average molecular weight is 342 g/mol. The lowest BCUT2D eigenvalue weighted by Gasteiger charge is -2.26. The van der Waals surface area contributed by atoms with Crippen LogP contribution in [0.2, 0.25) is 0 Å². The van der Waals surface area contributed by atoms with Crippen molar-refractivity contribution in [3.05, 3.63) is 41.7 Å². The average Bonchev–Trinajstić information content (AvgIpc) is 3.17. The summed E-state index contributed by atoms with van der Waals surface area (Å²) in [5.74, 6) is -0.346. The van der Waals surface area contributed by atoms with Crippen molar-refractivity contribution in [1.82, 2.24) is 20.6 Å². The Morgan fingerprint density at radius 3 is 2.60 bits per heavy atom. The Morgan fingerprint density at radius 2 is 1.96 bits per heavy atom. The maximum absolute atomic E-state index is 12.0. The summed E-state index contributed by atoms with van der Waals surface area (Å²) >= 11 is 0. The molecule has 1 aromatic carbocycles. The summed E-state index contributed by atoms with van der Waals surface area (Å²) in [5, 5.41) is 24.2. The first kappa shape index (κ1) is 17.6. The Bertz CT molecular complexity index is 639. The second-order valence-corrected chi connectivity index (χ2v) is 7.09. The van der Waals surface area contributed by atoms with Crippen LogP contribution in [0.5, 0.6) is 0 Å². The van der Waals surface area contributed by atoms with Crippen LogP contribution in [0.3, 0.4) is 0 Å². The number of hydrogen-bond donors (Lipinski definition) is 2. The molecule has 134 valence electrons. The summed E-state index contributed by atoms with van der Waals surface area (Å²) in [7, 11) is 0. The molecule has 0 radical (unpaired) electrons. The van der Waals surface area contributed by atoms with E-state index in [9.17, 15) is 9.90 Å². The van der Waals surface area contributed by atoms with Gasteiger partial charge in [0.05, 0.1) is 5.92 Å². The van der Waals surface area contributed by atoms with E-state index in [-0.39, 0.29) is 5.92 Å². The first-order valence-electron chi connectivity index (χ1n) is 9.24. The molecule has 2 atom stereocenters. The zero-order valence-electron chi connectivity index (χ0n) is 14.5. The Morgan fingerprint density at radius 1 is 1.20 bits per heavy atom. The Hall–Kier alpha value is -2.24. The molecule has 0 saturated heterocycles. The fourth-order valence-corrected chi connectivity index (χ4v) is 4.00. The highest BCUT2D eigenvalue weighted by molar-refractivity contribution is 5.71. The lowest BCUT2D eigenvalue weighted by molar-refractivity contribution is -0.143.